The maximum absolute atomic E-state index is 14.4. The van der Waals surface area contributed by atoms with Gasteiger partial charge in [0, 0.05) is 23.8 Å². The van der Waals surface area contributed by atoms with E-state index in [4.69, 9.17) is 5.11 Å². The molecule has 1 N–H and O–H groups in total. The van der Waals surface area contributed by atoms with Gasteiger partial charge in [0.2, 0.25) is 0 Å². The van der Waals surface area contributed by atoms with E-state index >= 15 is 0 Å². The second-order valence-corrected chi connectivity index (χ2v) is 7.23. The third-order valence-electron chi connectivity index (χ3n) is 4.91. The van der Waals surface area contributed by atoms with Crippen molar-refractivity contribution in [2.75, 3.05) is 6.54 Å². The number of nitrogens with zero attached hydrogens (tertiary/aromatic N) is 3. The molecule has 0 saturated carbocycles. The Bertz CT molecular complexity index is 889. The van der Waals surface area contributed by atoms with Gasteiger partial charge >= 0.3 is 5.97 Å². The zero-order valence-corrected chi connectivity index (χ0v) is 15.8. The molecule has 1 aliphatic rings. The highest BCUT2D eigenvalue weighted by molar-refractivity contribution is 5.94. The predicted molar refractivity (Wildman–Crippen MR) is 98.7 cm³/mol. The predicted octanol–water partition coefficient (Wildman–Crippen LogP) is 3.13. The van der Waals surface area contributed by atoms with Crippen LogP contribution >= 0.6 is 0 Å². The lowest BCUT2D eigenvalue weighted by molar-refractivity contribution is -0.137. The van der Waals surface area contributed by atoms with Crippen molar-refractivity contribution >= 4 is 11.9 Å². The van der Waals surface area contributed by atoms with E-state index in [2.05, 4.69) is 5.10 Å². The number of carboxylic acids is 1. The van der Waals surface area contributed by atoms with Crippen LogP contribution in [-0.4, -0.2) is 44.3 Å². The van der Waals surface area contributed by atoms with E-state index in [9.17, 15) is 14.0 Å². The number of carbonyl (C=O) groups is 2. The summed E-state index contributed by atoms with van der Waals surface area (Å²) in [5.74, 6) is -1.63. The first kappa shape index (κ1) is 19.1. The highest BCUT2D eigenvalue weighted by Crippen LogP contribution is 2.30. The average molecular weight is 373 g/mol. The lowest BCUT2D eigenvalue weighted by Crippen LogP contribution is -2.39. The largest absolute Gasteiger partial charge is 0.481 e. The van der Waals surface area contributed by atoms with Gasteiger partial charge in [-0.3, -0.25) is 9.59 Å². The van der Waals surface area contributed by atoms with Gasteiger partial charge in [0.25, 0.3) is 5.91 Å². The normalized spacial score (nSPS) is 13.1. The lowest BCUT2D eigenvalue weighted by atomic mass is 10.1. The first-order valence-electron chi connectivity index (χ1n) is 9.19. The number of aromatic nitrogens is 2. The number of hydrogen-bond acceptors (Lipinski definition) is 3. The molecule has 1 heterocycles. The van der Waals surface area contributed by atoms with E-state index in [0.29, 0.717) is 17.8 Å². The van der Waals surface area contributed by atoms with Gasteiger partial charge in [0.05, 0.1) is 6.42 Å². The number of carbonyl (C=O) groups excluding carboxylic acids is 1. The van der Waals surface area contributed by atoms with Crippen LogP contribution in [0.15, 0.2) is 18.2 Å². The summed E-state index contributed by atoms with van der Waals surface area (Å²) in [4.78, 5) is 25.6. The van der Waals surface area contributed by atoms with Crippen LogP contribution in [0.1, 0.15) is 54.0 Å². The van der Waals surface area contributed by atoms with Crippen molar-refractivity contribution in [2.24, 2.45) is 0 Å². The van der Waals surface area contributed by atoms with Crippen LogP contribution in [0.25, 0.3) is 5.69 Å². The Morgan fingerprint density at radius 2 is 2.07 bits per heavy atom. The highest BCUT2D eigenvalue weighted by atomic mass is 19.1. The molecule has 0 radical (unpaired) electrons. The summed E-state index contributed by atoms with van der Waals surface area (Å²) in [5.41, 5.74) is 3.27. The molecule has 1 aromatic carbocycles. The van der Waals surface area contributed by atoms with Gasteiger partial charge in [-0.2, -0.15) is 5.10 Å². The first-order chi connectivity index (χ1) is 12.8. The van der Waals surface area contributed by atoms with Crippen LogP contribution in [0.5, 0.6) is 0 Å². The van der Waals surface area contributed by atoms with Gasteiger partial charge in [0.15, 0.2) is 5.69 Å². The fourth-order valence-electron chi connectivity index (χ4n) is 3.54. The van der Waals surface area contributed by atoms with E-state index < -0.39 is 5.97 Å². The van der Waals surface area contributed by atoms with Crippen molar-refractivity contribution in [3.05, 3.63) is 46.5 Å². The van der Waals surface area contributed by atoms with Crippen LogP contribution < -0.4 is 0 Å². The topological polar surface area (TPSA) is 75.4 Å². The van der Waals surface area contributed by atoms with Gasteiger partial charge < -0.3 is 10.0 Å². The third kappa shape index (κ3) is 3.72. The van der Waals surface area contributed by atoms with Crippen molar-refractivity contribution in [2.45, 2.75) is 52.5 Å². The van der Waals surface area contributed by atoms with Gasteiger partial charge in [-0.15, -0.1) is 0 Å². The molecule has 1 amide bonds. The van der Waals surface area contributed by atoms with Crippen LogP contribution in [0, 0.1) is 12.7 Å². The van der Waals surface area contributed by atoms with Crippen LogP contribution in [0.4, 0.5) is 4.39 Å². The van der Waals surface area contributed by atoms with E-state index in [1.165, 1.54) is 11.0 Å². The maximum Gasteiger partial charge on any atom is 0.305 e. The monoisotopic (exact) mass is 373 g/mol. The molecule has 7 heteroatoms. The molecule has 0 atom stereocenters. The minimum atomic E-state index is -0.953. The number of rotatable bonds is 6. The molecule has 1 aliphatic carbocycles. The highest BCUT2D eigenvalue weighted by Gasteiger charge is 2.31. The van der Waals surface area contributed by atoms with E-state index in [0.717, 1.165) is 29.7 Å². The summed E-state index contributed by atoms with van der Waals surface area (Å²) in [5, 5.41) is 13.4. The minimum Gasteiger partial charge on any atom is -0.481 e. The Morgan fingerprint density at radius 1 is 1.33 bits per heavy atom. The summed E-state index contributed by atoms with van der Waals surface area (Å²) >= 11 is 0. The summed E-state index contributed by atoms with van der Waals surface area (Å²) in [6, 6.07) is 4.67. The maximum atomic E-state index is 14.4. The van der Waals surface area contributed by atoms with E-state index in [1.807, 2.05) is 20.8 Å². The molecule has 27 heavy (non-hydrogen) atoms. The van der Waals surface area contributed by atoms with Crippen molar-refractivity contribution < 1.29 is 19.1 Å². The molecule has 3 rings (SSSR count). The van der Waals surface area contributed by atoms with Crippen LogP contribution in [-0.2, 0) is 17.6 Å². The van der Waals surface area contributed by atoms with Crippen molar-refractivity contribution in [1.29, 1.82) is 0 Å². The molecule has 0 unspecified atom stereocenters. The standard InChI is InChI=1S/C20H24FN3O3/c1-12(2)23(10-9-18(25)26)20(27)19-14-5-4-6-16(14)24(22-19)17-11-13(3)7-8-15(17)21/h7-8,11-12H,4-6,9-10H2,1-3H3,(H,25,26). The smallest absolute Gasteiger partial charge is 0.305 e. The fraction of sp³-hybridized carbons (Fsp3) is 0.450. The number of aryl methyl sites for hydroxylation is 1. The summed E-state index contributed by atoms with van der Waals surface area (Å²) in [7, 11) is 0. The molecular formula is C20H24FN3O3. The molecule has 0 fully saturated rings. The molecule has 2 aromatic rings. The molecule has 0 spiro atoms. The summed E-state index contributed by atoms with van der Waals surface area (Å²) in [6.07, 6.45) is 2.21. The second-order valence-electron chi connectivity index (χ2n) is 7.23. The van der Waals surface area contributed by atoms with Crippen molar-refractivity contribution in [3.8, 4) is 5.69 Å². The Labute approximate surface area is 157 Å². The molecule has 0 aliphatic heterocycles. The Kier molecular flexibility index (Phi) is 5.30. The second kappa shape index (κ2) is 7.50. The van der Waals surface area contributed by atoms with Gasteiger partial charge in [-0.05, 0) is 57.7 Å². The van der Waals surface area contributed by atoms with Crippen LogP contribution in [0.3, 0.4) is 0 Å². The molecule has 6 nitrogen and oxygen atoms in total. The number of aliphatic carboxylic acids is 1. The zero-order valence-electron chi connectivity index (χ0n) is 15.8. The Morgan fingerprint density at radius 3 is 2.74 bits per heavy atom. The fourth-order valence-corrected chi connectivity index (χ4v) is 3.54. The summed E-state index contributed by atoms with van der Waals surface area (Å²) in [6.45, 7) is 5.69. The van der Waals surface area contributed by atoms with Gasteiger partial charge in [0.1, 0.15) is 11.5 Å². The zero-order chi connectivity index (χ0) is 19.7. The molecule has 0 saturated heterocycles. The number of benzene rings is 1. The molecule has 144 valence electrons. The quantitative estimate of drug-likeness (QED) is 0.844. The number of hydrogen-bond donors (Lipinski definition) is 1. The SMILES string of the molecule is Cc1ccc(F)c(-n2nc(C(=O)N(CCC(=O)O)C(C)C)c3c2CCC3)c1. The molecular weight excluding hydrogens is 349 g/mol. The average Bonchev–Trinajstić information content (AvgIpc) is 3.19. The van der Waals surface area contributed by atoms with Crippen molar-refractivity contribution in [3.63, 3.8) is 0 Å². The summed E-state index contributed by atoms with van der Waals surface area (Å²) < 4.78 is 16.0. The van der Waals surface area contributed by atoms with Crippen LogP contribution in [0.2, 0.25) is 0 Å². The molecule has 1 aromatic heterocycles. The van der Waals surface area contributed by atoms with E-state index in [1.54, 1.807) is 16.8 Å². The Balaban J connectivity index is 2.03. The molecule has 0 bridgehead atoms. The minimum absolute atomic E-state index is 0.117. The number of amides is 1. The number of halogens is 1. The van der Waals surface area contributed by atoms with E-state index in [-0.39, 0.29) is 30.7 Å². The third-order valence-corrected chi connectivity index (χ3v) is 4.91. The number of carboxylic acid groups (broad SMARTS) is 1. The first-order valence-corrected chi connectivity index (χ1v) is 9.19. The van der Waals surface area contributed by atoms with Gasteiger partial charge in [-0.25, -0.2) is 9.07 Å². The number of fused-ring (bicyclic) bond motifs is 1. The van der Waals surface area contributed by atoms with Crippen molar-refractivity contribution in [1.82, 2.24) is 14.7 Å². The Hall–Kier alpha value is -2.70. The van der Waals surface area contributed by atoms with Gasteiger partial charge in [-0.1, -0.05) is 6.07 Å². The lowest BCUT2D eigenvalue weighted by Gasteiger charge is -2.25.